The van der Waals surface area contributed by atoms with Crippen molar-refractivity contribution in [2.75, 3.05) is 13.2 Å². The third kappa shape index (κ3) is 3.43. The molecule has 0 radical (unpaired) electrons. The highest BCUT2D eigenvalue weighted by Gasteiger charge is 2.19. The van der Waals surface area contributed by atoms with Gasteiger partial charge in [0.1, 0.15) is 0 Å². The fourth-order valence-corrected chi connectivity index (χ4v) is 2.68. The molecule has 0 amide bonds. The second kappa shape index (κ2) is 6.18. The van der Waals surface area contributed by atoms with Crippen LogP contribution in [0.4, 0.5) is 0 Å². The molecule has 1 aliphatic heterocycles. The van der Waals surface area contributed by atoms with Gasteiger partial charge in [0, 0.05) is 24.5 Å². The average molecular weight is 264 g/mol. The Morgan fingerprint density at radius 2 is 2.25 bits per heavy atom. The molecule has 1 saturated heterocycles. The van der Waals surface area contributed by atoms with E-state index < -0.39 is 5.97 Å². The highest BCUT2D eigenvalue weighted by Crippen LogP contribution is 2.29. The Balaban J connectivity index is 0.00000128. The molecular formula is C10H14ClNO3S. The van der Waals surface area contributed by atoms with E-state index in [9.17, 15) is 4.79 Å². The molecule has 0 atom stereocenters. The zero-order valence-corrected chi connectivity index (χ0v) is 10.4. The molecule has 1 N–H and O–H groups in total. The second-order valence-electron chi connectivity index (χ2n) is 3.63. The van der Waals surface area contributed by atoms with Gasteiger partial charge in [-0.25, -0.2) is 4.98 Å². The van der Waals surface area contributed by atoms with Crippen LogP contribution in [0, 0.1) is 0 Å². The maximum absolute atomic E-state index is 10.5. The van der Waals surface area contributed by atoms with E-state index in [1.165, 1.54) is 0 Å². The van der Waals surface area contributed by atoms with Crippen molar-refractivity contribution in [3.8, 4) is 0 Å². The SMILES string of the molecule is Cl.O=C(O)Cc1csc(C2CCOCC2)n1. The molecule has 0 bridgehead atoms. The topological polar surface area (TPSA) is 59.4 Å². The van der Waals surface area contributed by atoms with Gasteiger partial charge in [-0.1, -0.05) is 0 Å². The Morgan fingerprint density at radius 3 is 2.88 bits per heavy atom. The lowest BCUT2D eigenvalue weighted by molar-refractivity contribution is -0.136. The van der Waals surface area contributed by atoms with Crippen LogP contribution in [0.2, 0.25) is 0 Å². The lowest BCUT2D eigenvalue weighted by Gasteiger charge is -2.19. The van der Waals surface area contributed by atoms with Gasteiger partial charge in [-0.2, -0.15) is 0 Å². The first-order valence-electron chi connectivity index (χ1n) is 4.99. The highest BCUT2D eigenvalue weighted by atomic mass is 35.5. The fraction of sp³-hybridized carbons (Fsp3) is 0.600. The van der Waals surface area contributed by atoms with E-state index in [1.54, 1.807) is 11.3 Å². The minimum atomic E-state index is -0.821. The van der Waals surface area contributed by atoms with Crippen LogP contribution in [-0.4, -0.2) is 29.3 Å². The minimum Gasteiger partial charge on any atom is -0.481 e. The third-order valence-electron chi connectivity index (χ3n) is 2.47. The van der Waals surface area contributed by atoms with Gasteiger partial charge in [-0.05, 0) is 12.8 Å². The van der Waals surface area contributed by atoms with E-state index in [-0.39, 0.29) is 18.8 Å². The van der Waals surface area contributed by atoms with Crippen molar-refractivity contribution >= 4 is 29.7 Å². The van der Waals surface area contributed by atoms with Gasteiger partial charge < -0.3 is 9.84 Å². The number of carboxylic acid groups (broad SMARTS) is 1. The lowest BCUT2D eigenvalue weighted by Crippen LogP contribution is -2.14. The molecule has 0 aromatic carbocycles. The molecule has 0 spiro atoms. The number of rotatable bonds is 3. The van der Waals surface area contributed by atoms with Crippen LogP contribution in [0.15, 0.2) is 5.38 Å². The summed E-state index contributed by atoms with van der Waals surface area (Å²) < 4.78 is 5.28. The van der Waals surface area contributed by atoms with Crippen molar-refractivity contribution in [1.29, 1.82) is 0 Å². The molecule has 90 valence electrons. The number of ether oxygens (including phenoxy) is 1. The molecule has 0 unspecified atom stereocenters. The van der Waals surface area contributed by atoms with Crippen molar-refractivity contribution in [3.05, 3.63) is 16.1 Å². The molecule has 1 aromatic rings. The monoisotopic (exact) mass is 263 g/mol. The maximum Gasteiger partial charge on any atom is 0.309 e. The zero-order valence-electron chi connectivity index (χ0n) is 8.72. The lowest BCUT2D eigenvalue weighted by atomic mass is 10.0. The summed E-state index contributed by atoms with van der Waals surface area (Å²) >= 11 is 1.57. The number of thiazole rings is 1. The number of hydrogen-bond acceptors (Lipinski definition) is 4. The third-order valence-corrected chi connectivity index (χ3v) is 3.53. The van der Waals surface area contributed by atoms with Crippen molar-refractivity contribution in [2.45, 2.75) is 25.2 Å². The molecule has 1 aliphatic rings. The average Bonchev–Trinajstić information content (AvgIpc) is 2.67. The quantitative estimate of drug-likeness (QED) is 0.907. The number of aliphatic carboxylic acids is 1. The van der Waals surface area contributed by atoms with Crippen molar-refractivity contribution in [3.63, 3.8) is 0 Å². The van der Waals surface area contributed by atoms with Gasteiger partial charge in [0.25, 0.3) is 0 Å². The summed E-state index contributed by atoms with van der Waals surface area (Å²) in [5.74, 6) is -0.356. The molecule has 0 saturated carbocycles. The van der Waals surface area contributed by atoms with Crippen LogP contribution >= 0.6 is 23.7 Å². The van der Waals surface area contributed by atoms with Gasteiger partial charge >= 0.3 is 5.97 Å². The van der Waals surface area contributed by atoms with Crippen molar-refractivity contribution in [1.82, 2.24) is 4.98 Å². The summed E-state index contributed by atoms with van der Waals surface area (Å²) in [6.45, 7) is 1.58. The van der Waals surface area contributed by atoms with E-state index >= 15 is 0 Å². The van der Waals surface area contributed by atoms with Crippen LogP contribution in [0.3, 0.4) is 0 Å². The Bertz CT molecular complexity index is 350. The molecule has 1 fully saturated rings. The Morgan fingerprint density at radius 1 is 1.56 bits per heavy atom. The summed E-state index contributed by atoms with van der Waals surface area (Å²) in [6.07, 6.45) is 2.03. The van der Waals surface area contributed by atoms with Gasteiger partial charge in [0.2, 0.25) is 0 Å². The standard InChI is InChI=1S/C10H13NO3S.ClH/c12-9(13)5-8-6-15-10(11-8)7-1-3-14-4-2-7;/h6-7H,1-5H2,(H,12,13);1H. The number of aromatic nitrogens is 1. The second-order valence-corrected chi connectivity index (χ2v) is 4.52. The number of nitrogens with zero attached hydrogens (tertiary/aromatic N) is 1. The number of hydrogen-bond donors (Lipinski definition) is 1. The summed E-state index contributed by atoms with van der Waals surface area (Å²) in [5, 5.41) is 11.5. The molecule has 4 nitrogen and oxygen atoms in total. The normalized spacial score (nSPS) is 16.8. The van der Waals surface area contributed by atoms with Gasteiger partial charge in [-0.15, -0.1) is 23.7 Å². The van der Waals surface area contributed by atoms with Crippen LogP contribution in [0.5, 0.6) is 0 Å². The minimum absolute atomic E-state index is 0. The predicted molar refractivity (Wildman–Crippen MR) is 63.5 cm³/mol. The molecule has 2 heterocycles. The molecule has 1 aromatic heterocycles. The summed E-state index contributed by atoms with van der Waals surface area (Å²) in [5.41, 5.74) is 0.675. The van der Waals surface area contributed by atoms with E-state index in [1.807, 2.05) is 5.38 Å². The van der Waals surface area contributed by atoms with Gasteiger partial charge in [0.05, 0.1) is 17.1 Å². The molecular weight excluding hydrogens is 250 g/mol. The summed E-state index contributed by atoms with van der Waals surface area (Å²) in [4.78, 5) is 14.9. The number of carbonyl (C=O) groups is 1. The Kier molecular flexibility index (Phi) is 5.18. The van der Waals surface area contributed by atoms with E-state index in [0.717, 1.165) is 31.1 Å². The molecule has 2 rings (SSSR count). The summed E-state index contributed by atoms with van der Waals surface area (Å²) in [7, 11) is 0. The van der Waals surface area contributed by atoms with E-state index in [4.69, 9.17) is 9.84 Å². The van der Waals surface area contributed by atoms with Gasteiger partial charge in [-0.3, -0.25) is 4.79 Å². The first-order chi connectivity index (χ1) is 7.25. The van der Waals surface area contributed by atoms with Crippen LogP contribution in [0.25, 0.3) is 0 Å². The molecule has 6 heteroatoms. The van der Waals surface area contributed by atoms with E-state index in [2.05, 4.69) is 4.98 Å². The fourth-order valence-electron chi connectivity index (χ4n) is 1.69. The largest absolute Gasteiger partial charge is 0.481 e. The molecule has 16 heavy (non-hydrogen) atoms. The summed E-state index contributed by atoms with van der Waals surface area (Å²) in [6, 6.07) is 0. The molecule has 0 aliphatic carbocycles. The van der Waals surface area contributed by atoms with E-state index in [0.29, 0.717) is 11.6 Å². The first kappa shape index (κ1) is 13.4. The van der Waals surface area contributed by atoms with Crippen molar-refractivity contribution in [2.24, 2.45) is 0 Å². The van der Waals surface area contributed by atoms with Crippen LogP contribution in [-0.2, 0) is 16.0 Å². The van der Waals surface area contributed by atoms with Gasteiger partial charge in [0.15, 0.2) is 0 Å². The first-order valence-corrected chi connectivity index (χ1v) is 5.87. The zero-order chi connectivity index (χ0) is 10.7. The highest BCUT2D eigenvalue weighted by molar-refractivity contribution is 7.09. The predicted octanol–water partition coefficient (Wildman–Crippen LogP) is 2.09. The number of carboxylic acids is 1. The van der Waals surface area contributed by atoms with Crippen molar-refractivity contribution < 1.29 is 14.6 Å². The Labute approximate surface area is 104 Å². The Hall–Kier alpha value is -0.650. The van der Waals surface area contributed by atoms with Crippen LogP contribution in [0.1, 0.15) is 29.5 Å². The van der Waals surface area contributed by atoms with Crippen LogP contribution < -0.4 is 0 Å². The number of halogens is 1. The maximum atomic E-state index is 10.5. The smallest absolute Gasteiger partial charge is 0.309 e.